The van der Waals surface area contributed by atoms with Gasteiger partial charge >= 0.3 is 0 Å². The van der Waals surface area contributed by atoms with Crippen molar-refractivity contribution in [2.75, 3.05) is 29.2 Å². The maximum Gasteiger partial charge on any atom is 0.147 e. The second-order valence-corrected chi connectivity index (χ2v) is 9.48. The van der Waals surface area contributed by atoms with Gasteiger partial charge in [0.25, 0.3) is 0 Å². The molecule has 3 atom stereocenters. The van der Waals surface area contributed by atoms with Crippen LogP contribution in [0.1, 0.15) is 40.0 Å². The maximum atomic E-state index is 11.3. The normalized spacial score (nSPS) is 22.6. The third-order valence-electron chi connectivity index (χ3n) is 4.34. The molecule has 0 unspecified atom stereocenters. The summed E-state index contributed by atoms with van der Waals surface area (Å²) in [6.07, 6.45) is 5.58. The smallest absolute Gasteiger partial charge is 0.147 e. The third kappa shape index (κ3) is 6.78. The first-order chi connectivity index (χ1) is 11.7. The zero-order valence-corrected chi connectivity index (χ0v) is 16.3. The van der Waals surface area contributed by atoms with E-state index in [1.165, 1.54) is 12.6 Å². The molecule has 8 heteroatoms. The Morgan fingerprint density at radius 1 is 1.28 bits per heavy atom. The highest BCUT2D eigenvalue weighted by atomic mass is 32.2. The summed E-state index contributed by atoms with van der Waals surface area (Å²) in [6.45, 7) is 7.10. The molecule has 142 valence electrons. The lowest BCUT2D eigenvalue weighted by molar-refractivity contribution is -0.0203. The molecule has 1 aliphatic rings. The van der Waals surface area contributed by atoms with Gasteiger partial charge in [0.05, 0.1) is 17.9 Å². The van der Waals surface area contributed by atoms with Crippen LogP contribution >= 0.6 is 0 Å². The van der Waals surface area contributed by atoms with Crippen molar-refractivity contribution in [1.82, 2.24) is 9.97 Å². The van der Waals surface area contributed by atoms with E-state index in [-0.39, 0.29) is 23.9 Å². The summed E-state index contributed by atoms with van der Waals surface area (Å²) in [5.41, 5.74) is 0. The fourth-order valence-corrected chi connectivity index (χ4v) is 3.82. The van der Waals surface area contributed by atoms with Gasteiger partial charge in [-0.25, -0.2) is 18.4 Å². The van der Waals surface area contributed by atoms with Crippen LogP contribution < -0.4 is 10.6 Å². The first-order valence-electron chi connectivity index (χ1n) is 8.89. The lowest BCUT2D eigenvalue weighted by Gasteiger charge is -2.35. The fourth-order valence-electron chi connectivity index (χ4n) is 3.04. The van der Waals surface area contributed by atoms with Crippen molar-refractivity contribution < 1.29 is 13.2 Å². The number of sulfone groups is 1. The van der Waals surface area contributed by atoms with Gasteiger partial charge in [0.15, 0.2) is 0 Å². The van der Waals surface area contributed by atoms with Crippen LogP contribution in [0.5, 0.6) is 0 Å². The van der Waals surface area contributed by atoms with Gasteiger partial charge in [-0.2, -0.15) is 0 Å². The van der Waals surface area contributed by atoms with E-state index in [1.807, 2.05) is 13.0 Å². The van der Waals surface area contributed by atoms with E-state index >= 15 is 0 Å². The summed E-state index contributed by atoms with van der Waals surface area (Å²) >= 11 is 0. The lowest BCUT2D eigenvalue weighted by atomic mass is 9.94. The quantitative estimate of drug-likeness (QED) is 0.725. The van der Waals surface area contributed by atoms with Gasteiger partial charge in [0, 0.05) is 25.0 Å². The molecule has 1 aromatic heterocycles. The predicted octanol–water partition coefficient (Wildman–Crippen LogP) is 2.33. The number of rotatable bonds is 8. The van der Waals surface area contributed by atoms with E-state index in [4.69, 9.17) is 4.74 Å². The Kier molecular flexibility index (Phi) is 7.01. The second kappa shape index (κ2) is 8.80. The molecule has 7 nitrogen and oxygen atoms in total. The second-order valence-electron chi connectivity index (χ2n) is 7.22. The molecule has 0 bridgehead atoms. The van der Waals surface area contributed by atoms with Crippen LogP contribution in [0.4, 0.5) is 11.6 Å². The highest BCUT2D eigenvalue weighted by molar-refractivity contribution is 7.90. The fraction of sp³-hybridized carbons (Fsp3) is 0.765. The molecule has 1 aliphatic heterocycles. The zero-order chi connectivity index (χ0) is 18.4. The van der Waals surface area contributed by atoms with Crippen molar-refractivity contribution >= 4 is 21.5 Å². The van der Waals surface area contributed by atoms with Crippen molar-refractivity contribution in [2.45, 2.75) is 58.2 Å². The molecule has 0 amide bonds. The Labute approximate surface area is 150 Å². The molecule has 25 heavy (non-hydrogen) atoms. The van der Waals surface area contributed by atoms with Gasteiger partial charge in [-0.15, -0.1) is 0 Å². The van der Waals surface area contributed by atoms with Gasteiger partial charge in [-0.3, -0.25) is 0 Å². The molecular formula is C17H30N4O3S. The molecule has 2 N–H and O–H groups in total. The number of anilines is 2. The number of hydrogen-bond acceptors (Lipinski definition) is 7. The minimum absolute atomic E-state index is 0.0129. The summed E-state index contributed by atoms with van der Waals surface area (Å²) in [4.78, 5) is 8.53. The molecule has 0 aromatic carbocycles. The highest BCUT2D eigenvalue weighted by Gasteiger charge is 2.28. The molecule has 1 aromatic rings. The number of aromatic nitrogens is 2. The molecule has 0 saturated carbocycles. The van der Waals surface area contributed by atoms with Crippen LogP contribution in [0, 0.1) is 5.92 Å². The number of nitrogens with zero attached hydrogens (tertiary/aromatic N) is 2. The average molecular weight is 371 g/mol. The largest absolute Gasteiger partial charge is 0.376 e. The van der Waals surface area contributed by atoms with Crippen LogP contribution in [-0.2, 0) is 14.6 Å². The Hall–Kier alpha value is -1.41. The van der Waals surface area contributed by atoms with Gasteiger partial charge in [-0.05, 0) is 32.1 Å². The van der Waals surface area contributed by atoms with Crippen molar-refractivity contribution in [2.24, 2.45) is 5.92 Å². The van der Waals surface area contributed by atoms with Crippen molar-refractivity contribution in [3.05, 3.63) is 12.4 Å². The van der Waals surface area contributed by atoms with Crippen molar-refractivity contribution in [1.29, 1.82) is 0 Å². The van der Waals surface area contributed by atoms with E-state index in [0.717, 1.165) is 25.3 Å². The van der Waals surface area contributed by atoms with E-state index in [1.54, 1.807) is 0 Å². The Balaban J connectivity index is 1.96. The summed E-state index contributed by atoms with van der Waals surface area (Å²) < 4.78 is 28.5. The van der Waals surface area contributed by atoms with Crippen LogP contribution in [0.25, 0.3) is 0 Å². The number of hydrogen-bond donors (Lipinski definition) is 2. The summed E-state index contributed by atoms with van der Waals surface area (Å²) in [6, 6.07) is 2.11. The Morgan fingerprint density at radius 2 is 2.00 bits per heavy atom. The third-order valence-corrected chi connectivity index (χ3v) is 5.32. The zero-order valence-electron chi connectivity index (χ0n) is 15.5. The van der Waals surface area contributed by atoms with Gasteiger partial charge in [0.2, 0.25) is 0 Å². The van der Waals surface area contributed by atoms with E-state index < -0.39 is 9.84 Å². The SMILES string of the molecule is CC(C)[C@H]1OCCC[C@@H]1Nc1cc(N[C@H](C)CCS(C)(=O)=O)ncn1. The molecule has 1 saturated heterocycles. The highest BCUT2D eigenvalue weighted by Crippen LogP contribution is 2.24. The number of nitrogens with one attached hydrogen (secondary N) is 2. The monoisotopic (exact) mass is 370 g/mol. The Bertz CT molecular complexity index is 651. The van der Waals surface area contributed by atoms with E-state index in [0.29, 0.717) is 18.2 Å². The summed E-state index contributed by atoms with van der Waals surface area (Å²) in [5, 5.41) is 6.71. The van der Waals surface area contributed by atoms with Crippen LogP contribution in [0.3, 0.4) is 0 Å². The molecular weight excluding hydrogens is 340 g/mol. The minimum Gasteiger partial charge on any atom is -0.376 e. The number of ether oxygens (including phenoxy) is 1. The topological polar surface area (TPSA) is 93.2 Å². The summed E-state index contributed by atoms with van der Waals surface area (Å²) in [7, 11) is -2.95. The minimum atomic E-state index is -2.95. The van der Waals surface area contributed by atoms with Gasteiger partial charge in [0.1, 0.15) is 27.8 Å². The van der Waals surface area contributed by atoms with Gasteiger partial charge < -0.3 is 15.4 Å². The van der Waals surface area contributed by atoms with E-state index in [2.05, 4.69) is 34.4 Å². The molecule has 2 heterocycles. The average Bonchev–Trinajstić information content (AvgIpc) is 2.53. The molecule has 0 spiro atoms. The Morgan fingerprint density at radius 3 is 2.68 bits per heavy atom. The first-order valence-corrected chi connectivity index (χ1v) is 10.9. The molecule has 0 aliphatic carbocycles. The van der Waals surface area contributed by atoms with Crippen LogP contribution in [0.15, 0.2) is 12.4 Å². The standard InChI is InChI=1S/C17H30N4O3S/c1-12(2)17-14(6-5-8-24-17)21-16-10-15(18-11-19-16)20-13(3)7-9-25(4,22)23/h10-14,17H,5-9H2,1-4H3,(H2,18,19,20,21)/t13-,14+,17-/m1/s1. The van der Waals surface area contributed by atoms with Crippen LogP contribution in [0.2, 0.25) is 0 Å². The van der Waals surface area contributed by atoms with Crippen LogP contribution in [-0.4, -0.2) is 55.2 Å². The molecule has 2 rings (SSSR count). The predicted molar refractivity (Wildman–Crippen MR) is 101 cm³/mol. The first kappa shape index (κ1) is 19.9. The lowest BCUT2D eigenvalue weighted by Crippen LogP contribution is -2.43. The van der Waals surface area contributed by atoms with Gasteiger partial charge in [-0.1, -0.05) is 13.8 Å². The molecule has 1 fully saturated rings. The maximum absolute atomic E-state index is 11.3. The molecule has 0 radical (unpaired) electrons. The van der Waals surface area contributed by atoms with Crippen molar-refractivity contribution in [3.63, 3.8) is 0 Å². The van der Waals surface area contributed by atoms with E-state index in [9.17, 15) is 8.42 Å². The van der Waals surface area contributed by atoms with Crippen molar-refractivity contribution in [3.8, 4) is 0 Å². The summed E-state index contributed by atoms with van der Waals surface area (Å²) in [5.74, 6) is 2.05.